The number of aliphatic hydroxyl groups excluding tert-OH is 1. The molecule has 2 aliphatic heterocycles. The lowest BCUT2D eigenvalue weighted by Crippen LogP contribution is -2.64. The van der Waals surface area contributed by atoms with Crippen LogP contribution in [0.3, 0.4) is 0 Å². The van der Waals surface area contributed by atoms with Gasteiger partial charge in [0.25, 0.3) is 0 Å². The lowest BCUT2D eigenvalue weighted by molar-refractivity contribution is -0.328. The number of hydrogen-bond acceptors (Lipinski definition) is 14. The lowest BCUT2D eigenvalue weighted by Gasteiger charge is -2.45. The zero-order valence-corrected chi connectivity index (χ0v) is 20.4. The number of esters is 5. The van der Waals surface area contributed by atoms with Crippen molar-refractivity contribution >= 4 is 29.8 Å². The SMILES string of the molecule is CC(=O)OC[C@H]1OC=C[C@@H](OC(C)=O)[C@@H]1O[C@@H]1O[C@H](CO)[C@H](OC(C)=O)[C@H](OC(C)=O)[C@H]1OC(C)=O. The third-order valence-electron chi connectivity index (χ3n) is 4.93. The van der Waals surface area contributed by atoms with Crippen LogP contribution in [0.15, 0.2) is 12.3 Å². The van der Waals surface area contributed by atoms with Crippen LogP contribution in [0, 0.1) is 0 Å². The molecule has 0 aromatic carbocycles. The van der Waals surface area contributed by atoms with E-state index in [1.165, 1.54) is 26.2 Å². The van der Waals surface area contributed by atoms with Gasteiger partial charge in [-0.3, -0.25) is 24.0 Å². The summed E-state index contributed by atoms with van der Waals surface area (Å²) in [6, 6.07) is 0. The second-order valence-electron chi connectivity index (χ2n) is 7.93. The molecular formula is C22H30O14. The summed E-state index contributed by atoms with van der Waals surface area (Å²) in [5, 5.41) is 9.90. The fraction of sp³-hybridized carbons (Fsp3) is 0.682. The van der Waals surface area contributed by atoms with E-state index < -0.39 is 85.5 Å². The predicted octanol–water partition coefficient (Wildman–Crippen LogP) is -0.709. The molecule has 0 amide bonds. The number of carbonyl (C=O) groups is 5. The van der Waals surface area contributed by atoms with Gasteiger partial charge in [-0.15, -0.1) is 0 Å². The molecule has 0 bridgehead atoms. The number of carbonyl (C=O) groups excluding carboxylic acids is 5. The van der Waals surface area contributed by atoms with Crippen molar-refractivity contribution in [3.8, 4) is 0 Å². The Labute approximate surface area is 206 Å². The first-order chi connectivity index (χ1) is 16.9. The van der Waals surface area contributed by atoms with Crippen LogP contribution in [0.4, 0.5) is 0 Å². The van der Waals surface area contributed by atoms with Gasteiger partial charge in [0.15, 0.2) is 36.8 Å². The molecule has 0 aromatic rings. The van der Waals surface area contributed by atoms with Gasteiger partial charge >= 0.3 is 29.8 Å². The minimum atomic E-state index is -1.54. The Bertz CT molecular complexity index is 854. The minimum absolute atomic E-state index is 0.306. The first-order valence-corrected chi connectivity index (χ1v) is 11.0. The van der Waals surface area contributed by atoms with Crippen molar-refractivity contribution in [2.45, 2.75) is 83.6 Å². The van der Waals surface area contributed by atoms with Crippen molar-refractivity contribution in [2.24, 2.45) is 0 Å². The number of ether oxygens (including phenoxy) is 8. The predicted molar refractivity (Wildman–Crippen MR) is 113 cm³/mol. The van der Waals surface area contributed by atoms with Crippen molar-refractivity contribution in [1.29, 1.82) is 0 Å². The summed E-state index contributed by atoms with van der Waals surface area (Å²) >= 11 is 0. The van der Waals surface area contributed by atoms with Gasteiger partial charge in [0.1, 0.15) is 18.8 Å². The zero-order valence-electron chi connectivity index (χ0n) is 20.4. The Kier molecular flexibility index (Phi) is 10.6. The molecule has 1 N–H and O–H groups in total. The van der Waals surface area contributed by atoms with Crippen LogP contribution in [0.2, 0.25) is 0 Å². The van der Waals surface area contributed by atoms with Crippen molar-refractivity contribution in [3.63, 3.8) is 0 Å². The summed E-state index contributed by atoms with van der Waals surface area (Å²) in [6.07, 6.45) is -7.72. The summed E-state index contributed by atoms with van der Waals surface area (Å²) in [5.41, 5.74) is 0. The highest BCUT2D eigenvalue weighted by atomic mass is 16.7. The van der Waals surface area contributed by atoms with Gasteiger partial charge in [-0.2, -0.15) is 0 Å². The number of aliphatic hydroxyl groups is 1. The van der Waals surface area contributed by atoms with E-state index in [0.29, 0.717) is 0 Å². The molecule has 2 heterocycles. The molecule has 0 aromatic heterocycles. The summed E-state index contributed by atoms with van der Waals surface area (Å²) in [7, 11) is 0. The number of rotatable bonds is 9. The van der Waals surface area contributed by atoms with Crippen LogP contribution in [-0.2, 0) is 61.9 Å². The second kappa shape index (κ2) is 13.2. The third kappa shape index (κ3) is 8.17. The molecule has 0 saturated carbocycles. The second-order valence-corrected chi connectivity index (χ2v) is 7.93. The first kappa shape index (κ1) is 29.0. The molecule has 1 saturated heterocycles. The quantitative estimate of drug-likeness (QED) is 0.299. The van der Waals surface area contributed by atoms with E-state index in [1.54, 1.807) is 0 Å². The molecule has 0 radical (unpaired) electrons. The summed E-state index contributed by atoms with van der Waals surface area (Å²) < 4.78 is 43.4. The van der Waals surface area contributed by atoms with Crippen LogP contribution in [-0.4, -0.2) is 97.2 Å². The molecule has 2 aliphatic rings. The monoisotopic (exact) mass is 518 g/mol. The van der Waals surface area contributed by atoms with Gasteiger partial charge in [0.05, 0.1) is 12.9 Å². The Morgan fingerprint density at radius 1 is 0.722 bits per heavy atom. The maximum absolute atomic E-state index is 11.9. The zero-order chi connectivity index (χ0) is 27.0. The highest BCUT2D eigenvalue weighted by molar-refractivity contribution is 5.68. The Morgan fingerprint density at radius 3 is 1.81 bits per heavy atom. The molecule has 0 unspecified atom stereocenters. The average Bonchev–Trinajstić information content (AvgIpc) is 2.76. The Hall–Kier alpha value is -3.23. The molecule has 8 atom stereocenters. The van der Waals surface area contributed by atoms with Gasteiger partial charge in [-0.25, -0.2) is 0 Å². The van der Waals surface area contributed by atoms with E-state index in [9.17, 15) is 29.1 Å². The van der Waals surface area contributed by atoms with E-state index in [-0.39, 0.29) is 6.61 Å². The van der Waals surface area contributed by atoms with E-state index in [2.05, 4.69) is 0 Å². The highest BCUT2D eigenvalue weighted by Gasteiger charge is 2.54. The average molecular weight is 518 g/mol. The topological polar surface area (TPSA) is 179 Å². The van der Waals surface area contributed by atoms with E-state index >= 15 is 0 Å². The third-order valence-corrected chi connectivity index (χ3v) is 4.93. The van der Waals surface area contributed by atoms with Gasteiger partial charge in [-0.1, -0.05) is 0 Å². The number of hydrogen-bond donors (Lipinski definition) is 1. The largest absolute Gasteiger partial charge is 0.492 e. The van der Waals surface area contributed by atoms with Gasteiger partial charge < -0.3 is 43.0 Å². The smallest absolute Gasteiger partial charge is 0.303 e. The van der Waals surface area contributed by atoms with Gasteiger partial charge in [-0.05, 0) is 6.08 Å². The molecule has 36 heavy (non-hydrogen) atoms. The Balaban J connectivity index is 2.45. The van der Waals surface area contributed by atoms with Crippen molar-refractivity contribution in [3.05, 3.63) is 12.3 Å². The fourth-order valence-corrected chi connectivity index (χ4v) is 3.69. The first-order valence-electron chi connectivity index (χ1n) is 11.0. The molecular weight excluding hydrogens is 488 g/mol. The van der Waals surface area contributed by atoms with Crippen molar-refractivity contribution in [2.75, 3.05) is 13.2 Å². The molecule has 2 rings (SSSR count). The van der Waals surface area contributed by atoms with E-state index in [0.717, 1.165) is 20.8 Å². The van der Waals surface area contributed by atoms with E-state index in [4.69, 9.17) is 37.9 Å². The fourth-order valence-electron chi connectivity index (χ4n) is 3.69. The highest BCUT2D eigenvalue weighted by Crippen LogP contribution is 2.32. The minimum Gasteiger partial charge on any atom is -0.492 e. The molecule has 202 valence electrons. The van der Waals surface area contributed by atoms with Crippen molar-refractivity contribution < 1.29 is 67.0 Å². The van der Waals surface area contributed by atoms with Crippen LogP contribution >= 0.6 is 0 Å². The van der Waals surface area contributed by atoms with Crippen LogP contribution in [0.5, 0.6) is 0 Å². The molecule has 1 fully saturated rings. The molecule has 0 aliphatic carbocycles. The van der Waals surface area contributed by atoms with Gasteiger partial charge in [0, 0.05) is 34.6 Å². The summed E-state index contributed by atoms with van der Waals surface area (Å²) in [6.45, 7) is 4.61. The maximum Gasteiger partial charge on any atom is 0.303 e. The maximum atomic E-state index is 11.9. The normalized spacial score (nSPS) is 31.4. The molecule has 0 spiro atoms. The van der Waals surface area contributed by atoms with Crippen molar-refractivity contribution in [1.82, 2.24) is 0 Å². The molecule has 14 nitrogen and oxygen atoms in total. The van der Waals surface area contributed by atoms with E-state index in [1.807, 2.05) is 0 Å². The standard InChI is InChI=1S/C22H30O14/c1-10(24)30-9-17-18(15(6-7-29-17)31-11(2)25)36-22-21(34-14(5)28)20(33-13(4)27)19(32-12(3)26)16(8-23)35-22/h6-7,15-23H,8-9H2,1-5H3/t15-,16-,17-,18+,19+,20+,21-,22+/m1/s1. The van der Waals surface area contributed by atoms with Crippen LogP contribution < -0.4 is 0 Å². The van der Waals surface area contributed by atoms with Crippen LogP contribution in [0.25, 0.3) is 0 Å². The summed E-state index contributed by atoms with van der Waals surface area (Å²) in [5.74, 6) is -3.66. The molecule has 14 heteroatoms. The van der Waals surface area contributed by atoms with Crippen LogP contribution in [0.1, 0.15) is 34.6 Å². The Morgan fingerprint density at radius 2 is 1.28 bits per heavy atom. The van der Waals surface area contributed by atoms with Gasteiger partial charge in [0.2, 0.25) is 0 Å². The summed E-state index contributed by atoms with van der Waals surface area (Å²) in [4.78, 5) is 58.5. The lowest BCUT2D eigenvalue weighted by atomic mass is 9.97.